The second-order valence-corrected chi connectivity index (χ2v) is 4.35. The van der Waals surface area contributed by atoms with Gasteiger partial charge in [-0.05, 0) is 24.6 Å². The first-order valence-electron chi connectivity index (χ1n) is 6.44. The Balaban J connectivity index is 1.91. The number of aromatic nitrogens is 1. The van der Waals surface area contributed by atoms with E-state index >= 15 is 0 Å². The molecule has 0 unspecified atom stereocenters. The number of hydrogen-bond donors (Lipinski definition) is 1. The summed E-state index contributed by atoms with van der Waals surface area (Å²) in [7, 11) is 3.29. The third-order valence-electron chi connectivity index (χ3n) is 3.12. The average Bonchev–Trinajstić information content (AvgIpc) is 2.47. The minimum absolute atomic E-state index is 0.189. The van der Waals surface area contributed by atoms with E-state index in [1.165, 1.54) is 10.9 Å². The summed E-state index contributed by atoms with van der Waals surface area (Å²) in [6.07, 6.45) is 2.59. The van der Waals surface area contributed by atoms with Gasteiger partial charge in [0.05, 0.1) is 5.52 Å². The molecule has 1 N–H and O–H groups in total. The molecule has 4 heteroatoms. The van der Waals surface area contributed by atoms with Gasteiger partial charge in [0.25, 0.3) is 0 Å². The number of ether oxygens (including phenoxy) is 2. The first kappa shape index (κ1) is 13.9. The maximum absolute atomic E-state index is 5.12. The molecule has 4 nitrogen and oxygen atoms in total. The molecule has 1 aromatic carbocycles. The average molecular weight is 260 g/mol. The van der Waals surface area contributed by atoms with Gasteiger partial charge in [0.2, 0.25) is 0 Å². The maximum atomic E-state index is 5.12. The summed E-state index contributed by atoms with van der Waals surface area (Å²) in [6.45, 7) is 1.56. The summed E-state index contributed by atoms with van der Waals surface area (Å²) >= 11 is 0. The van der Waals surface area contributed by atoms with Crippen molar-refractivity contribution in [1.29, 1.82) is 0 Å². The molecular formula is C15H20N2O2. The van der Waals surface area contributed by atoms with Crippen LogP contribution in [0.5, 0.6) is 0 Å². The molecular weight excluding hydrogens is 240 g/mol. The van der Waals surface area contributed by atoms with Gasteiger partial charge in [-0.1, -0.05) is 24.3 Å². The summed E-state index contributed by atoms with van der Waals surface area (Å²) in [6, 6.07) is 10.3. The molecule has 0 aliphatic carbocycles. The van der Waals surface area contributed by atoms with Crippen LogP contribution in [0.1, 0.15) is 5.56 Å². The molecule has 0 radical (unpaired) electrons. The van der Waals surface area contributed by atoms with E-state index in [2.05, 4.69) is 34.6 Å². The molecule has 102 valence electrons. The highest BCUT2D eigenvalue weighted by Gasteiger charge is 2.04. The standard InChI is InChI=1S/C15H20N2O2/c1-18-14(19-2)11-16-10-8-13-6-3-5-12-7-4-9-17-15(12)13/h3-7,9,14,16H,8,10-11H2,1-2H3. The van der Waals surface area contributed by atoms with Crippen LogP contribution in [-0.4, -0.2) is 38.6 Å². The van der Waals surface area contributed by atoms with Crippen LogP contribution in [0.2, 0.25) is 0 Å². The largest absolute Gasteiger partial charge is 0.355 e. The molecule has 2 rings (SSSR count). The van der Waals surface area contributed by atoms with Gasteiger partial charge in [-0.15, -0.1) is 0 Å². The highest BCUT2D eigenvalue weighted by molar-refractivity contribution is 5.81. The summed E-state index contributed by atoms with van der Waals surface area (Å²) in [5, 5.41) is 4.51. The molecule has 0 amide bonds. The van der Waals surface area contributed by atoms with Crippen LogP contribution < -0.4 is 5.32 Å². The summed E-state index contributed by atoms with van der Waals surface area (Å²) in [5.74, 6) is 0. The third-order valence-corrected chi connectivity index (χ3v) is 3.12. The van der Waals surface area contributed by atoms with Crippen molar-refractivity contribution in [3.8, 4) is 0 Å². The molecule has 1 aromatic heterocycles. The zero-order valence-corrected chi connectivity index (χ0v) is 11.4. The number of nitrogens with zero attached hydrogens (tertiary/aromatic N) is 1. The van der Waals surface area contributed by atoms with E-state index in [1.807, 2.05) is 12.3 Å². The Kier molecular flexibility index (Phi) is 5.27. The lowest BCUT2D eigenvalue weighted by Crippen LogP contribution is -2.31. The van der Waals surface area contributed by atoms with Gasteiger partial charge >= 0.3 is 0 Å². The van der Waals surface area contributed by atoms with E-state index in [0.717, 1.165) is 18.5 Å². The van der Waals surface area contributed by atoms with Crippen LogP contribution in [0.15, 0.2) is 36.5 Å². The first-order valence-corrected chi connectivity index (χ1v) is 6.44. The van der Waals surface area contributed by atoms with Gasteiger partial charge in [0.1, 0.15) is 0 Å². The van der Waals surface area contributed by atoms with Gasteiger partial charge in [0, 0.05) is 32.3 Å². The zero-order valence-electron chi connectivity index (χ0n) is 11.4. The molecule has 0 atom stereocenters. The second-order valence-electron chi connectivity index (χ2n) is 4.35. The number of rotatable bonds is 7. The second kappa shape index (κ2) is 7.19. The Morgan fingerprint density at radius 2 is 1.95 bits per heavy atom. The lowest BCUT2D eigenvalue weighted by atomic mass is 10.1. The number of pyridine rings is 1. The minimum atomic E-state index is -0.189. The number of fused-ring (bicyclic) bond motifs is 1. The lowest BCUT2D eigenvalue weighted by Gasteiger charge is -2.14. The number of nitrogens with one attached hydrogen (secondary N) is 1. The number of benzene rings is 1. The zero-order chi connectivity index (χ0) is 13.5. The molecule has 19 heavy (non-hydrogen) atoms. The molecule has 0 spiro atoms. The molecule has 0 aliphatic heterocycles. The molecule has 0 saturated carbocycles. The quantitative estimate of drug-likeness (QED) is 0.611. The molecule has 1 heterocycles. The predicted molar refractivity (Wildman–Crippen MR) is 76.1 cm³/mol. The van der Waals surface area contributed by atoms with Crippen LogP contribution in [0.3, 0.4) is 0 Å². The Labute approximate surface area is 113 Å². The lowest BCUT2D eigenvalue weighted by molar-refractivity contribution is -0.0986. The maximum Gasteiger partial charge on any atom is 0.169 e. The van der Waals surface area contributed by atoms with E-state index in [1.54, 1.807) is 14.2 Å². The van der Waals surface area contributed by atoms with Gasteiger partial charge in [-0.3, -0.25) is 4.98 Å². The number of methoxy groups -OCH3 is 2. The molecule has 0 aliphatic rings. The van der Waals surface area contributed by atoms with Crippen molar-refractivity contribution in [1.82, 2.24) is 10.3 Å². The Morgan fingerprint density at radius 1 is 1.16 bits per heavy atom. The normalized spacial score (nSPS) is 11.3. The summed E-state index contributed by atoms with van der Waals surface area (Å²) in [5.41, 5.74) is 2.35. The molecule has 2 aromatic rings. The molecule has 0 saturated heterocycles. The van der Waals surface area contributed by atoms with Crippen LogP contribution in [-0.2, 0) is 15.9 Å². The van der Waals surface area contributed by atoms with Crippen molar-refractivity contribution < 1.29 is 9.47 Å². The SMILES string of the molecule is COC(CNCCc1cccc2cccnc12)OC. The fraction of sp³-hybridized carbons (Fsp3) is 0.400. The fourth-order valence-corrected chi connectivity index (χ4v) is 2.08. The molecule has 0 fully saturated rings. The van der Waals surface area contributed by atoms with Crippen LogP contribution in [0.4, 0.5) is 0 Å². The molecule has 0 bridgehead atoms. The van der Waals surface area contributed by atoms with Crippen molar-refractivity contribution in [2.24, 2.45) is 0 Å². The van der Waals surface area contributed by atoms with Gasteiger partial charge in [-0.25, -0.2) is 0 Å². The Hall–Kier alpha value is -1.49. The van der Waals surface area contributed by atoms with Crippen molar-refractivity contribution >= 4 is 10.9 Å². The fourth-order valence-electron chi connectivity index (χ4n) is 2.08. The summed E-state index contributed by atoms with van der Waals surface area (Å²) < 4.78 is 10.2. The summed E-state index contributed by atoms with van der Waals surface area (Å²) in [4.78, 5) is 4.45. The van der Waals surface area contributed by atoms with Crippen molar-refractivity contribution in [2.45, 2.75) is 12.7 Å². The van der Waals surface area contributed by atoms with E-state index < -0.39 is 0 Å². The van der Waals surface area contributed by atoms with Gasteiger partial charge in [-0.2, -0.15) is 0 Å². The number of para-hydroxylation sites is 1. The van der Waals surface area contributed by atoms with Crippen molar-refractivity contribution in [3.05, 3.63) is 42.1 Å². The van der Waals surface area contributed by atoms with Crippen molar-refractivity contribution in [3.63, 3.8) is 0 Å². The first-order chi connectivity index (χ1) is 9.35. The topological polar surface area (TPSA) is 43.4 Å². The van der Waals surface area contributed by atoms with Crippen LogP contribution in [0, 0.1) is 0 Å². The highest BCUT2D eigenvalue weighted by Crippen LogP contribution is 2.15. The Bertz CT molecular complexity index is 507. The smallest absolute Gasteiger partial charge is 0.169 e. The van der Waals surface area contributed by atoms with Gasteiger partial charge in [0.15, 0.2) is 6.29 Å². The minimum Gasteiger partial charge on any atom is -0.355 e. The van der Waals surface area contributed by atoms with Crippen molar-refractivity contribution in [2.75, 3.05) is 27.3 Å². The number of hydrogen-bond acceptors (Lipinski definition) is 4. The van der Waals surface area contributed by atoms with E-state index in [-0.39, 0.29) is 6.29 Å². The monoisotopic (exact) mass is 260 g/mol. The Morgan fingerprint density at radius 3 is 2.74 bits per heavy atom. The van der Waals surface area contributed by atoms with Gasteiger partial charge < -0.3 is 14.8 Å². The third kappa shape index (κ3) is 3.73. The van der Waals surface area contributed by atoms with E-state index in [4.69, 9.17) is 9.47 Å². The van der Waals surface area contributed by atoms with Crippen LogP contribution in [0.25, 0.3) is 10.9 Å². The predicted octanol–water partition coefficient (Wildman–Crippen LogP) is 1.99. The highest BCUT2D eigenvalue weighted by atomic mass is 16.7. The van der Waals surface area contributed by atoms with E-state index in [9.17, 15) is 0 Å². The van der Waals surface area contributed by atoms with Crippen LogP contribution >= 0.6 is 0 Å². The van der Waals surface area contributed by atoms with E-state index in [0.29, 0.717) is 6.54 Å².